The number of rotatable bonds is 19. The van der Waals surface area contributed by atoms with Crippen molar-refractivity contribution >= 4 is 94.4 Å². The second-order valence-electron chi connectivity index (χ2n) is 22.8. The number of carbonyl (C=O) groups excluding carboxylic acids is 11. The maximum atomic E-state index is 14.4. The summed E-state index contributed by atoms with van der Waals surface area (Å²) in [5, 5.41) is 44.0. The predicted molar refractivity (Wildman–Crippen MR) is 337 cm³/mol. The number of aliphatic carboxylic acids is 1. The van der Waals surface area contributed by atoms with Crippen molar-refractivity contribution in [3.8, 4) is 11.1 Å². The van der Waals surface area contributed by atoms with Crippen molar-refractivity contribution < 1.29 is 67.7 Å². The van der Waals surface area contributed by atoms with E-state index in [1.165, 1.54) is 38.1 Å². The van der Waals surface area contributed by atoms with Crippen LogP contribution in [0.2, 0.25) is 0 Å². The normalized spacial score (nSPS) is 23.0. The number of aromatic amines is 1. The topological polar surface area (TPSA) is 497 Å². The summed E-state index contributed by atoms with van der Waals surface area (Å²) >= 11 is 1.32. The van der Waals surface area contributed by atoms with Crippen molar-refractivity contribution in [1.29, 1.82) is 0 Å². The molecule has 32 heteroatoms. The number of nitrogens with one attached hydrogen (secondary N) is 12. The Morgan fingerprint density at radius 3 is 1.78 bits per heavy atom. The number of hydrogen-bond acceptors (Lipinski definition) is 17. The van der Waals surface area contributed by atoms with Gasteiger partial charge in [0.2, 0.25) is 59.1 Å². The Morgan fingerprint density at radius 2 is 1.18 bits per heavy atom. The molecular formula is C59H87N17O14S. The van der Waals surface area contributed by atoms with Gasteiger partial charge in [0.25, 0.3) is 5.91 Å². The number of benzene rings is 2. The lowest BCUT2D eigenvalue weighted by Gasteiger charge is -2.28. The molecule has 2 aromatic carbocycles. The summed E-state index contributed by atoms with van der Waals surface area (Å²) in [7, 11) is 0. The molecule has 0 bridgehead atoms. The third kappa shape index (κ3) is 25.3. The molecule has 1 aliphatic rings. The second kappa shape index (κ2) is 37.1. The molecule has 498 valence electrons. The van der Waals surface area contributed by atoms with E-state index >= 15 is 0 Å². The quantitative estimate of drug-likeness (QED) is 0.0342. The van der Waals surface area contributed by atoms with E-state index in [1.807, 2.05) is 0 Å². The zero-order valence-corrected chi connectivity index (χ0v) is 52.8. The number of anilines is 1. The molecule has 0 radical (unpaired) electrons. The van der Waals surface area contributed by atoms with Crippen LogP contribution in [-0.2, 0) is 70.4 Å². The van der Waals surface area contributed by atoms with Gasteiger partial charge in [0.1, 0.15) is 54.4 Å². The van der Waals surface area contributed by atoms with Gasteiger partial charge in [-0.05, 0) is 93.4 Å². The lowest BCUT2D eigenvalue weighted by Crippen LogP contribution is -2.61. The number of aliphatic hydroxyl groups is 1. The minimum Gasteiger partial charge on any atom is -0.481 e. The van der Waals surface area contributed by atoms with E-state index in [-0.39, 0.29) is 68.6 Å². The molecule has 0 spiro atoms. The Labute approximate surface area is 531 Å². The molecular weight excluding hydrogens is 1200 g/mol. The zero-order valence-electron chi connectivity index (χ0n) is 52.0. The molecule has 0 aliphatic carbocycles. The van der Waals surface area contributed by atoms with Gasteiger partial charge >= 0.3 is 5.97 Å². The van der Waals surface area contributed by atoms with E-state index in [4.69, 9.17) is 17.2 Å². The third-order valence-electron chi connectivity index (χ3n) is 14.2. The van der Waals surface area contributed by atoms with E-state index in [2.05, 4.69) is 73.7 Å². The lowest BCUT2D eigenvalue weighted by molar-refractivity contribution is -0.139. The largest absolute Gasteiger partial charge is 0.481 e. The lowest BCUT2D eigenvalue weighted by atomic mass is 9.95. The van der Waals surface area contributed by atoms with E-state index in [1.54, 1.807) is 82.5 Å². The number of nitrogens with two attached hydrogens (primary N) is 3. The van der Waals surface area contributed by atoms with Gasteiger partial charge in [-0.2, -0.15) is 11.8 Å². The summed E-state index contributed by atoms with van der Waals surface area (Å²) < 4.78 is 0. The van der Waals surface area contributed by atoms with Crippen LogP contribution >= 0.6 is 11.8 Å². The van der Waals surface area contributed by atoms with E-state index in [0.29, 0.717) is 28.1 Å². The summed E-state index contributed by atoms with van der Waals surface area (Å²) in [5.74, 6) is -11.9. The van der Waals surface area contributed by atoms with Crippen LogP contribution in [-0.4, -0.2) is 176 Å². The highest BCUT2D eigenvalue weighted by Crippen LogP contribution is 2.31. The Bertz CT molecular complexity index is 3050. The fourth-order valence-electron chi connectivity index (χ4n) is 9.51. The van der Waals surface area contributed by atoms with Gasteiger partial charge in [-0.3, -0.25) is 68.0 Å². The minimum atomic E-state index is -1.75. The minimum absolute atomic E-state index is 0.00394. The number of fused-ring (bicyclic) bond motifs is 3. The fraction of sp³-hybridized carbons (Fsp3) is 0.525. The number of carboxylic acid groups (broad SMARTS) is 1. The average molecular weight is 1290 g/mol. The van der Waals surface area contributed by atoms with Gasteiger partial charge in [-0.25, -0.2) is 10.4 Å². The number of hydrogen-bond donors (Lipinski definition) is 17. The van der Waals surface area contributed by atoms with E-state index in [0.717, 1.165) is 0 Å². The van der Waals surface area contributed by atoms with Crippen molar-refractivity contribution in [2.45, 2.75) is 166 Å². The van der Waals surface area contributed by atoms with Crippen LogP contribution in [0.15, 0.2) is 66.0 Å². The number of nitrogens with zero attached hydrogens (tertiary/aromatic N) is 2. The standard InChI is InChI=1S/C59H87N17O14S/c1-30(2)23-42-54(86)67-38-16-11-10-15-37(38)36-14-9-8-13-34(36)25-47(79)74-49(33(6)77)58(90)70-40(18-19-48(80)81)53(85)68-39(17-12-21-64-59(61)62)52(84)69-41(20-22-91-7)51(83)66-32(5)50(82)76-75-45(24-31(3)4)57(89)72-43(26-35-28-63-29-65-35)55(87)73-44(27-46(60)78)56(88)71-42/h8-11,13-16,28-33,39-45,49,75,77H,12,17-27H2,1-7H3,(H2,60,78)(H,63,65)(H,66,83)(H,67,86)(H,68,85)(H,69,84)(H,70,90)(H,71,88)(H,72,89)(H,73,87)(H,74,79)(H,76,82)(H,80,81)(H4,61,62,64)/t32-,33+,39-,40-,41-,42-,43-,44-,45-,49-/m0/s1. The molecule has 0 saturated carbocycles. The zero-order chi connectivity index (χ0) is 67.5. The maximum Gasteiger partial charge on any atom is 0.303 e. The molecule has 11 amide bonds. The molecule has 1 aromatic heterocycles. The summed E-state index contributed by atoms with van der Waals surface area (Å²) in [4.78, 5) is 177. The fourth-order valence-corrected chi connectivity index (χ4v) is 9.98. The molecule has 0 fully saturated rings. The van der Waals surface area contributed by atoms with Gasteiger partial charge in [0.05, 0.1) is 25.3 Å². The first-order chi connectivity index (χ1) is 43.1. The van der Waals surface area contributed by atoms with Gasteiger partial charge in [0.15, 0.2) is 5.96 Å². The molecule has 20 N–H and O–H groups in total. The van der Waals surface area contributed by atoms with Crippen LogP contribution < -0.4 is 75.9 Å². The van der Waals surface area contributed by atoms with Crippen LogP contribution in [0, 0.1) is 11.8 Å². The SMILES string of the molecule is CSCC[C@@H]1NC(=O)[C@H](CCCN=C(N)N)NC(=O)[C@H](CCC(=O)O)NC(=O)[C@H]([C@@H](C)O)NC(=O)Cc2ccccc2-c2ccccc2NC(=O)[C@H](CC(C)C)NC(=O)[C@H](CC(N)=O)NC(=O)[C@H](Cc2cnc[nH]2)NC(=O)[C@H](CC(C)C)NNC(=O)[C@H](C)NC1=O. The van der Waals surface area contributed by atoms with Gasteiger partial charge in [-0.15, -0.1) is 0 Å². The van der Waals surface area contributed by atoms with Crippen LogP contribution in [0.5, 0.6) is 0 Å². The number of imidazole rings is 1. The third-order valence-corrected chi connectivity index (χ3v) is 14.8. The van der Waals surface area contributed by atoms with E-state index < -0.39 is 157 Å². The van der Waals surface area contributed by atoms with Crippen molar-refractivity contribution in [3.63, 3.8) is 0 Å². The summed E-state index contributed by atoms with van der Waals surface area (Å²) in [6.07, 6.45) is 0.212. The summed E-state index contributed by atoms with van der Waals surface area (Å²) in [5.41, 5.74) is 23.6. The van der Waals surface area contributed by atoms with Crippen LogP contribution in [0.4, 0.5) is 5.69 Å². The highest BCUT2D eigenvalue weighted by molar-refractivity contribution is 7.98. The second-order valence-corrected chi connectivity index (χ2v) is 23.8. The van der Waals surface area contributed by atoms with Crippen molar-refractivity contribution in [1.82, 2.24) is 63.4 Å². The van der Waals surface area contributed by atoms with Crippen LogP contribution in [0.25, 0.3) is 11.1 Å². The Balaban J connectivity index is 1.84. The van der Waals surface area contributed by atoms with E-state index in [9.17, 15) is 67.7 Å². The molecule has 0 saturated heterocycles. The molecule has 0 unspecified atom stereocenters. The van der Waals surface area contributed by atoms with Gasteiger partial charge < -0.3 is 80.2 Å². The predicted octanol–water partition coefficient (Wildman–Crippen LogP) is -2.28. The Kier molecular flexibility index (Phi) is 30.3. The van der Waals surface area contributed by atoms with Crippen LogP contribution in [0.1, 0.15) is 104 Å². The van der Waals surface area contributed by atoms with Crippen LogP contribution in [0.3, 0.4) is 0 Å². The maximum absolute atomic E-state index is 14.4. The number of guanidine groups is 1. The highest BCUT2D eigenvalue weighted by atomic mass is 32.2. The number of H-pyrrole nitrogens is 1. The van der Waals surface area contributed by atoms with Crippen molar-refractivity contribution in [2.24, 2.45) is 34.0 Å². The summed E-state index contributed by atoms with van der Waals surface area (Å²) in [6, 6.07) is -0.286. The number of hydrazine groups is 1. The number of thioether (sulfide) groups is 1. The number of aliphatic imine (C=N–C) groups is 1. The number of amides is 11. The van der Waals surface area contributed by atoms with Crippen molar-refractivity contribution in [3.05, 3.63) is 72.3 Å². The first-order valence-electron chi connectivity index (χ1n) is 29.7. The number of carbonyl (C=O) groups is 12. The highest BCUT2D eigenvalue weighted by Gasteiger charge is 2.36. The average Bonchev–Trinajstić information content (AvgIpc) is 1.12. The van der Waals surface area contributed by atoms with Gasteiger partial charge in [-0.1, -0.05) is 70.2 Å². The Morgan fingerprint density at radius 1 is 0.637 bits per heavy atom. The first-order valence-corrected chi connectivity index (χ1v) is 31.1. The summed E-state index contributed by atoms with van der Waals surface area (Å²) in [6.45, 7) is 9.64. The first kappa shape index (κ1) is 74.3. The number of primary amides is 1. The number of carboxylic acids is 1. The molecule has 31 nitrogen and oxygen atoms in total. The smallest absolute Gasteiger partial charge is 0.303 e. The molecule has 1 aliphatic heterocycles. The van der Waals surface area contributed by atoms with Gasteiger partial charge in [0, 0.05) is 42.5 Å². The number of aliphatic hydroxyl groups excluding tert-OH is 1. The monoisotopic (exact) mass is 1290 g/mol. The number of aromatic nitrogens is 2. The molecule has 3 aromatic rings. The molecule has 10 atom stereocenters. The molecule has 4 rings (SSSR count). The van der Waals surface area contributed by atoms with Crippen molar-refractivity contribution in [2.75, 3.05) is 23.9 Å². The Hall–Kier alpha value is -9.17. The number of para-hydroxylation sites is 1. The molecule has 91 heavy (non-hydrogen) atoms. The molecule has 2 heterocycles.